The number of hydrogen-bond acceptors (Lipinski definition) is 4. The van der Waals surface area contributed by atoms with Crippen LogP contribution in [0.2, 0.25) is 0 Å². The van der Waals surface area contributed by atoms with Crippen LogP contribution < -0.4 is 14.2 Å². The number of benzene rings is 1. The predicted molar refractivity (Wildman–Crippen MR) is 87.4 cm³/mol. The zero-order chi connectivity index (χ0) is 15.7. The molecule has 1 aliphatic heterocycles. The van der Waals surface area contributed by atoms with Gasteiger partial charge in [-0.1, -0.05) is 0 Å². The zero-order valence-corrected chi connectivity index (χ0v) is 14.1. The molecule has 1 unspecified atom stereocenters. The lowest BCUT2D eigenvalue weighted by molar-refractivity contribution is 0.281. The molecule has 0 N–H and O–H groups in total. The van der Waals surface area contributed by atoms with Crippen molar-refractivity contribution in [3.05, 3.63) is 17.2 Å². The molecule has 1 aliphatic carbocycles. The second-order valence-corrected chi connectivity index (χ2v) is 6.46. The Morgan fingerprint density at radius 3 is 2.45 bits per heavy atom. The molecule has 1 heterocycles. The van der Waals surface area contributed by atoms with Crippen molar-refractivity contribution >= 4 is 0 Å². The number of likely N-dealkylation sites (tertiary alicyclic amines) is 1. The average Bonchev–Trinajstić information content (AvgIpc) is 3.12. The molecule has 0 aromatic heterocycles. The van der Waals surface area contributed by atoms with E-state index in [4.69, 9.17) is 14.2 Å². The van der Waals surface area contributed by atoms with E-state index < -0.39 is 0 Å². The summed E-state index contributed by atoms with van der Waals surface area (Å²) >= 11 is 0. The van der Waals surface area contributed by atoms with E-state index in [9.17, 15) is 0 Å². The van der Waals surface area contributed by atoms with E-state index in [2.05, 4.69) is 18.0 Å². The highest BCUT2D eigenvalue weighted by Gasteiger charge is 2.33. The number of rotatable bonds is 5. The van der Waals surface area contributed by atoms with Gasteiger partial charge in [-0.15, -0.1) is 0 Å². The van der Waals surface area contributed by atoms with Crippen LogP contribution in [0.3, 0.4) is 0 Å². The summed E-state index contributed by atoms with van der Waals surface area (Å²) in [5.41, 5.74) is 2.71. The molecule has 0 bridgehead atoms. The van der Waals surface area contributed by atoms with Gasteiger partial charge < -0.3 is 19.1 Å². The molecule has 2 aliphatic rings. The lowest BCUT2D eigenvalue weighted by atomic mass is 9.92. The van der Waals surface area contributed by atoms with E-state index in [0.717, 1.165) is 29.7 Å². The molecule has 1 saturated heterocycles. The highest BCUT2D eigenvalue weighted by molar-refractivity contribution is 5.61. The van der Waals surface area contributed by atoms with Gasteiger partial charge in [-0.05, 0) is 63.2 Å². The first-order chi connectivity index (χ1) is 10.7. The van der Waals surface area contributed by atoms with Crippen LogP contribution in [0, 0.1) is 0 Å². The lowest BCUT2D eigenvalue weighted by Gasteiger charge is -2.24. The van der Waals surface area contributed by atoms with Crippen LogP contribution in [0.15, 0.2) is 6.07 Å². The topological polar surface area (TPSA) is 30.9 Å². The summed E-state index contributed by atoms with van der Waals surface area (Å²) in [6, 6.07) is 2.89. The van der Waals surface area contributed by atoms with Crippen LogP contribution >= 0.6 is 0 Å². The summed E-state index contributed by atoms with van der Waals surface area (Å²) in [6.07, 6.45) is 6.16. The summed E-state index contributed by atoms with van der Waals surface area (Å²) in [7, 11) is 7.34. The van der Waals surface area contributed by atoms with E-state index in [1.165, 1.54) is 43.4 Å². The maximum Gasteiger partial charge on any atom is 0.203 e. The standard InChI is InChI=1S/C18H27NO3/c1-19-9-5-6-13(19)10-12-7-8-14-15(12)11-16(20-2)18(22-4)17(14)21-3/h11-13H,5-10H2,1-4H3/t12?,13-/m1/s1. The molecule has 0 radical (unpaired) electrons. The van der Waals surface area contributed by atoms with E-state index in [1.54, 1.807) is 21.3 Å². The summed E-state index contributed by atoms with van der Waals surface area (Å²) in [6.45, 7) is 1.24. The quantitative estimate of drug-likeness (QED) is 0.836. The SMILES string of the molecule is COc1cc2c(c(OC)c1OC)CCC2C[C@H]1CCCN1C. The van der Waals surface area contributed by atoms with Gasteiger partial charge in [0.1, 0.15) is 0 Å². The molecule has 2 atom stereocenters. The minimum Gasteiger partial charge on any atom is -0.493 e. The minimum absolute atomic E-state index is 0.606. The Hall–Kier alpha value is -1.42. The summed E-state index contributed by atoms with van der Waals surface area (Å²) in [5.74, 6) is 2.97. The Morgan fingerprint density at radius 2 is 1.86 bits per heavy atom. The van der Waals surface area contributed by atoms with Crippen LogP contribution in [0.5, 0.6) is 17.2 Å². The van der Waals surface area contributed by atoms with Gasteiger partial charge in [0.05, 0.1) is 21.3 Å². The molecule has 122 valence electrons. The molecular formula is C18H27NO3. The second kappa shape index (κ2) is 6.37. The van der Waals surface area contributed by atoms with Crippen molar-refractivity contribution in [3.8, 4) is 17.2 Å². The molecule has 4 heteroatoms. The Labute approximate surface area is 133 Å². The third-order valence-corrected chi connectivity index (χ3v) is 5.38. The van der Waals surface area contributed by atoms with Crippen LogP contribution in [-0.2, 0) is 6.42 Å². The van der Waals surface area contributed by atoms with Crippen molar-refractivity contribution in [2.24, 2.45) is 0 Å². The second-order valence-electron chi connectivity index (χ2n) is 6.46. The van der Waals surface area contributed by atoms with Crippen molar-refractivity contribution in [2.45, 2.75) is 44.1 Å². The summed E-state index contributed by atoms with van der Waals surface area (Å²) in [5, 5.41) is 0. The molecule has 22 heavy (non-hydrogen) atoms. The van der Waals surface area contributed by atoms with Crippen molar-refractivity contribution in [1.29, 1.82) is 0 Å². The first-order valence-electron chi connectivity index (χ1n) is 8.21. The smallest absolute Gasteiger partial charge is 0.203 e. The predicted octanol–water partition coefficient (Wildman–Crippen LogP) is 3.23. The average molecular weight is 305 g/mol. The van der Waals surface area contributed by atoms with Crippen molar-refractivity contribution < 1.29 is 14.2 Å². The summed E-state index contributed by atoms with van der Waals surface area (Å²) in [4.78, 5) is 2.51. The lowest BCUT2D eigenvalue weighted by Crippen LogP contribution is -2.26. The number of fused-ring (bicyclic) bond motifs is 1. The van der Waals surface area contributed by atoms with Crippen LogP contribution in [0.4, 0.5) is 0 Å². The van der Waals surface area contributed by atoms with E-state index >= 15 is 0 Å². The molecule has 4 nitrogen and oxygen atoms in total. The van der Waals surface area contributed by atoms with E-state index in [1.807, 2.05) is 0 Å². The summed E-state index contributed by atoms with van der Waals surface area (Å²) < 4.78 is 16.7. The molecule has 0 spiro atoms. The van der Waals surface area contributed by atoms with Crippen molar-refractivity contribution in [2.75, 3.05) is 34.9 Å². The first-order valence-corrected chi connectivity index (χ1v) is 8.21. The number of nitrogens with zero attached hydrogens (tertiary/aromatic N) is 1. The highest BCUT2D eigenvalue weighted by Crippen LogP contribution is 2.50. The number of methoxy groups -OCH3 is 3. The third-order valence-electron chi connectivity index (χ3n) is 5.38. The molecule has 3 rings (SSSR count). The molecular weight excluding hydrogens is 278 g/mol. The van der Waals surface area contributed by atoms with E-state index in [-0.39, 0.29) is 0 Å². The van der Waals surface area contributed by atoms with E-state index in [0.29, 0.717) is 5.92 Å². The Balaban J connectivity index is 1.92. The zero-order valence-electron chi connectivity index (χ0n) is 14.1. The fraction of sp³-hybridized carbons (Fsp3) is 0.667. The van der Waals surface area contributed by atoms with Gasteiger partial charge in [0.25, 0.3) is 0 Å². The van der Waals surface area contributed by atoms with Crippen molar-refractivity contribution in [1.82, 2.24) is 4.90 Å². The fourth-order valence-corrected chi connectivity index (χ4v) is 4.18. The molecule has 0 saturated carbocycles. The molecule has 1 aromatic rings. The van der Waals surface area contributed by atoms with Gasteiger partial charge in [-0.25, -0.2) is 0 Å². The highest BCUT2D eigenvalue weighted by atomic mass is 16.5. The molecule has 1 aromatic carbocycles. The maximum atomic E-state index is 5.65. The normalized spacial score (nSPS) is 24.4. The first kappa shape index (κ1) is 15.5. The maximum absolute atomic E-state index is 5.65. The Kier molecular flexibility index (Phi) is 4.48. The number of hydrogen-bond donors (Lipinski definition) is 0. The van der Waals surface area contributed by atoms with Crippen LogP contribution in [0.1, 0.15) is 42.7 Å². The monoisotopic (exact) mass is 305 g/mol. The molecule has 1 fully saturated rings. The van der Waals surface area contributed by atoms with Gasteiger partial charge in [0, 0.05) is 11.6 Å². The van der Waals surface area contributed by atoms with Gasteiger partial charge in [0.15, 0.2) is 11.5 Å². The fourth-order valence-electron chi connectivity index (χ4n) is 4.18. The number of ether oxygens (including phenoxy) is 3. The van der Waals surface area contributed by atoms with Gasteiger partial charge in [-0.3, -0.25) is 0 Å². The van der Waals surface area contributed by atoms with Crippen LogP contribution in [0.25, 0.3) is 0 Å². The van der Waals surface area contributed by atoms with Gasteiger partial charge >= 0.3 is 0 Å². The third kappa shape index (κ3) is 2.54. The Bertz CT molecular complexity index is 544. The minimum atomic E-state index is 0.606. The largest absolute Gasteiger partial charge is 0.493 e. The van der Waals surface area contributed by atoms with Crippen molar-refractivity contribution in [3.63, 3.8) is 0 Å². The Morgan fingerprint density at radius 1 is 1.09 bits per heavy atom. The van der Waals surface area contributed by atoms with Crippen LogP contribution in [-0.4, -0.2) is 45.9 Å². The molecule has 0 amide bonds. The van der Waals surface area contributed by atoms with Gasteiger partial charge in [-0.2, -0.15) is 0 Å². The van der Waals surface area contributed by atoms with Gasteiger partial charge in [0.2, 0.25) is 5.75 Å².